The zero-order valence-electron chi connectivity index (χ0n) is 29.1. The summed E-state index contributed by atoms with van der Waals surface area (Å²) in [5.41, 5.74) is -1.79. The SMILES string of the molecule is Br.CCCOc1ccc(CN2CCN(C(=O)c3cc4ccc(Oc5ccc(NC(=O)c6ccc(C(F)(F)F)cc6C(F)(F)F)cn5)cc4n3C)CC2)cc1. The van der Waals surface area contributed by atoms with Crippen molar-refractivity contribution in [2.45, 2.75) is 32.2 Å². The minimum absolute atomic E-state index is 0. The van der Waals surface area contributed by atoms with E-state index < -0.39 is 35.0 Å². The maximum Gasteiger partial charge on any atom is 0.417 e. The van der Waals surface area contributed by atoms with Gasteiger partial charge in [0, 0.05) is 57.3 Å². The molecule has 16 heteroatoms. The van der Waals surface area contributed by atoms with Crippen molar-refractivity contribution in [3.8, 4) is 17.4 Å². The Balaban J connectivity index is 0.00000561. The normalized spacial score (nSPS) is 13.7. The second kappa shape index (κ2) is 16.5. The van der Waals surface area contributed by atoms with Crippen LogP contribution in [0.25, 0.3) is 10.9 Å². The highest BCUT2D eigenvalue weighted by atomic mass is 79.9. The summed E-state index contributed by atoms with van der Waals surface area (Å²) in [6, 6.07) is 18.6. The molecule has 1 fully saturated rings. The number of aromatic nitrogens is 2. The van der Waals surface area contributed by atoms with E-state index in [-0.39, 0.29) is 40.5 Å². The molecule has 3 heterocycles. The molecular formula is C38H36BrF6N5O4. The summed E-state index contributed by atoms with van der Waals surface area (Å²) in [5, 5.41) is 3.05. The molecule has 1 aliphatic rings. The molecule has 2 aromatic heterocycles. The van der Waals surface area contributed by atoms with E-state index in [0.717, 1.165) is 48.9 Å². The topological polar surface area (TPSA) is 88.9 Å². The minimum atomic E-state index is -5.20. The molecule has 0 spiro atoms. The Labute approximate surface area is 317 Å². The highest BCUT2D eigenvalue weighted by Gasteiger charge is 2.39. The predicted molar refractivity (Wildman–Crippen MR) is 195 cm³/mol. The zero-order valence-corrected chi connectivity index (χ0v) is 30.8. The van der Waals surface area contributed by atoms with Crippen LogP contribution in [-0.4, -0.2) is 64.0 Å². The maximum atomic E-state index is 13.6. The van der Waals surface area contributed by atoms with Gasteiger partial charge in [-0.1, -0.05) is 19.1 Å². The molecule has 54 heavy (non-hydrogen) atoms. The van der Waals surface area contributed by atoms with Crippen LogP contribution in [0, 0.1) is 0 Å². The van der Waals surface area contributed by atoms with Crippen LogP contribution in [0.4, 0.5) is 32.0 Å². The number of piperazine rings is 1. The fourth-order valence-electron chi connectivity index (χ4n) is 6.01. The number of carbonyl (C=O) groups excluding carboxylic acids is 2. The van der Waals surface area contributed by atoms with Crippen LogP contribution in [0.15, 0.2) is 85.1 Å². The van der Waals surface area contributed by atoms with Gasteiger partial charge >= 0.3 is 12.4 Å². The molecule has 0 bridgehead atoms. The van der Waals surface area contributed by atoms with Crippen LogP contribution in [-0.2, 0) is 25.9 Å². The third-order valence-electron chi connectivity index (χ3n) is 8.81. The average molecular weight is 821 g/mol. The van der Waals surface area contributed by atoms with Gasteiger partial charge in [0.25, 0.3) is 11.8 Å². The van der Waals surface area contributed by atoms with Crippen molar-refractivity contribution in [3.63, 3.8) is 0 Å². The van der Waals surface area contributed by atoms with Gasteiger partial charge in [-0.05, 0) is 66.6 Å². The highest BCUT2D eigenvalue weighted by molar-refractivity contribution is 8.93. The number of amides is 2. The Morgan fingerprint density at radius 2 is 1.54 bits per heavy atom. The molecule has 286 valence electrons. The largest absolute Gasteiger partial charge is 0.494 e. The van der Waals surface area contributed by atoms with Crippen LogP contribution in [0.1, 0.15) is 50.9 Å². The summed E-state index contributed by atoms with van der Waals surface area (Å²) in [6.45, 7) is 6.18. The number of nitrogens with zero attached hydrogens (tertiary/aromatic N) is 4. The number of nitrogens with one attached hydrogen (secondary N) is 1. The molecule has 5 aromatic rings. The quantitative estimate of drug-likeness (QED) is 0.142. The lowest BCUT2D eigenvalue weighted by atomic mass is 10.0. The average Bonchev–Trinajstić information content (AvgIpc) is 3.46. The molecule has 0 saturated carbocycles. The lowest BCUT2D eigenvalue weighted by Crippen LogP contribution is -2.48. The van der Waals surface area contributed by atoms with Crippen LogP contribution in [0.2, 0.25) is 0 Å². The molecule has 0 atom stereocenters. The highest BCUT2D eigenvalue weighted by Crippen LogP contribution is 2.38. The molecule has 1 saturated heterocycles. The Hall–Kier alpha value is -5.09. The van der Waals surface area contributed by atoms with E-state index in [1.807, 2.05) is 23.1 Å². The summed E-state index contributed by atoms with van der Waals surface area (Å²) in [7, 11) is 1.79. The lowest BCUT2D eigenvalue weighted by Gasteiger charge is -2.34. The van der Waals surface area contributed by atoms with Crippen molar-refractivity contribution in [1.82, 2.24) is 19.4 Å². The second-order valence-corrected chi connectivity index (χ2v) is 12.6. The van der Waals surface area contributed by atoms with Crippen molar-refractivity contribution in [1.29, 1.82) is 0 Å². The summed E-state index contributed by atoms with van der Waals surface area (Å²) in [5.74, 6) is -0.00659. The number of halogens is 7. The monoisotopic (exact) mass is 819 g/mol. The Morgan fingerprint density at radius 3 is 2.17 bits per heavy atom. The van der Waals surface area contributed by atoms with Gasteiger partial charge in [0.1, 0.15) is 17.2 Å². The molecule has 6 rings (SSSR count). The van der Waals surface area contributed by atoms with Crippen LogP contribution < -0.4 is 14.8 Å². The van der Waals surface area contributed by atoms with E-state index in [0.29, 0.717) is 43.3 Å². The van der Waals surface area contributed by atoms with Crippen LogP contribution in [0.3, 0.4) is 0 Å². The first kappa shape index (κ1) is 40.1. The number of fused-ring (bicyclic) bond motifs is 1. The third kappa shape index (κ3) is 9.34. The van der Waals surface area contributed by atoms with E-state index in [1.54, 1.807) is 29.8 Å². The van der Waals surface area contributed by atoms with Crippen LogP contribution in [0.5, 0.6) is 17.4 Å². The number of pyridine rings is 1. The number of carbonyl (C=O) groups is 2. The van der Waals surface area contributed by atoms with E-state index in [1.165, 1.54) is 17.7 Å². The van der Waals surface area contributed by atoms with E-state index in [4.69, 9.17) is 9.47 Å². The van der Waals surface area contributed by atoms with Gasteiger partial charge in [0.05, 0.1) is 40.7 Å². The first-order valence-electron chi connectivity index (χ1n) is 16.8. The fraction of sp³-hybridized carbons (Fsp3) is 0.289. The Morgan fingerprint density at radius 1 is 0.833 bits per heavy atom. The first-order valence-corrected chi connectivity index (χ1v) is 16.8. The number of hydrogen-bond acceptors (Lipinski definition) is 6. The number of hydrogen-bond donors (Lipinski definition) is 1. The molecule has 3 aromatic carbocycles. The lowest BCUT2D eigenvalue weighted by molar-refractivity contribution is -0.143. The second-order valence-electron chi connectivity index (χ2n) is 12.6. The van der Waals surface area contributed by atoms with Gasteiger partial charge in [0.15, 0.2) is 0 Å². The number of aryl methyl sites for hydroxylation is 1. The van der Waals surface area contributed by atoms with E-state index >= 15 is 0 Å². The third-order valence-corrected chi connectivity index (χ3v) is 8.81. The van der Waals surface area contributed by atoms with Crippen molar-refractivity contribution >= 4 is 45.4 Å². The van der Waals surface area contributed by atoms with Gasteiger partial charge in [-0.3, -0.25) is 14.5 Å². The number of alkyl halides is 6. The predicted octanol–water partition coefficient (Wildman–Crippen LogP) is 8.98. The number of ether oxygens (including phenoxy) is 2. The van der Waals surface area contributed by atoms with Gasteiger partial charge in [-0.25, -0.2) is 4.98 Å². The zero-order chi connectivity index (χ0) is 37.9. The summed E-state index contributed by atoms with van der Waals surface area (Å²) in [6.07, 6.45) is -8.13. The van der Waals surface area contributed by atoms with E-state index in [2.05, 4.69) is 34.3 Å². The fourth-order valence-corrected chi connectivity index (χ4v) is 6.01. The molecule has 0 radical (unpaired) electrons. The number of anilines is 1. The number of benzene rings is 3. The van der Waals surface area contributed by atoms with Crippen molar-refractivity contribution in [3.05, 3.63) is 113 Å². The van der Waals surface area contributed by atoms with Gasteiger partial charge in [-0.15, -0.1) is 17.0 Å². The van der Waals surface area contributed by atoms with Gasteiger partial charge in [0.2, 0.25) is 5.88 Å². The Kier molecular flexibility index (Phi) is 12.3. The molecule has 9 nitrogen and oxygen atoms in total. The van der Waals surface area contributed by atoms with Crippen molar-refractivity contribution in [2.24, 2.45) is 7.05 Å². The number of rotatable bonds is 10. The van der Waals surface area contributed by atoms with Crippen LogP contribution >= 0.6 is 17.0 Å². The molecule has 2 amide bonds. The van der Waals surface area contributed by atoms with Crippen molar-refractivity contribution in [2.75, 3.05) is 38.1 Å². The smallest absolute Gasteiger partial charge is 0.417 e. The summed E-state index contributed by atoms with van der Waals surface area (Å²) < 4.78 is 93.0. The molecule has 0 unspecified atom stereocenters. The van der Waals surface area contributed by atoms with Crippen molar-refractivity contribution < 1.29 is 45.4 Å². The molecule has 0 aliphatic carbocycles. The summed E-state index contributed by atoms with van der Waals surface area (Å²) >= 11 is 0. The minimum Gasteiger partial charge on any atom is -0.494 e. The standard InChI is InChI=1S/C38H35F6N5O4.BrH/c1-3-18-52-28-9-4-24(5-10-28)23-48-14-16-49(17-15-48)36(51)33-19-25-6-11-29(21-32(25)47(33)2)53-34-13-8-27(22-45-34)46-35(50)30-12-7-26(37(39,40)41)20-31(30)38(42,43)44;/h4-13,19-22H,3,14-18,23H2,1-2H3,(H,46,50);1H. The molecular weight excluding hydrogens is 784 g/mol. The molecule has 1 N–H and O–H groups in total. The van der Waals surface area contributed by atoms with Gasteiger partial charge < -0.3 is 24.3 Å². The molecule has 1 aliphatic heterocycles. The summed E-state index contributed by atoms with van der Waals surface area (Å²) in [4.78, 5) is 34.5. The maximum absolute atomic E-state index is 13.6. The Bertz CT molecular complexity index is 2100. The van der Waals surface area contributed by atoms with E-state index in [9.17, 15) is 35.9 Å². The van der Waals surface area contributed by atoms with Gasteiger partial charge in [-0.2, -0.15) is 26.3 Å². The first-order chi connectivity index (χ1) is 25.2.